The van der Waals surface area contributed by atoms with Crippen molar-refractivity contribution >= 4 is 11.3 Å². The maximum atomic E-state index is 4.49. The first-order chi connectivity index (χ1) is 7.58. The Bertz CT molecular complexity index is 343. The molecule has 1 heterocycles. The molecule has 0 spiro atoms. The molecule has 0 aliphatic heterocycles. The molecule has 1 aromatic heterocycles. The second-order valence-electron chi connectivity index (χ2n) is 5.52. The Morgan fingerprint density at radius 2 is 2.38 bits per heavy atom. The monoisotopic (exact) mass is 238 g/mol. The smallest absolute Gasteiger partial charge is 0.0940 e. The Labute approximate surface area is 102 Å². The van der Waals surface area contributed by atoms with Gasteiger partial charge in [0, 0.05) is 30.1 Å². The zero-order chi connectivity index (χ0) is 11.6. The standard InChI is InChI=1S/C13H22N2S/c1-10-9-16-12(15-10)6-8-14-11-5-4-7-13(11,2)3/h9,11,14H,4-8H2,1-3H3. The van der Waals surface area contributed by atoms with Gasteiger partial charge in [-0.1, -0.05) is 20.3 Å². The van der Waals surface area contributed by atoms with E-state index in [1.807, 2.05) is 0 Å². The van der Waals surface area contributed by atoms with Crippen LogP contribution in [0, 0.1) is 12.3 Å². The first-order valence-corrected chi connectivity index (χ1v) is 7.10. The average Bonchev–Trinajstić information content (AvgIpc) is 2.74. The van der Waals surface area contributed by atoms with Crippen molar-refractivity contribution in [3.63, 3.8) is 0 Å². The largest absolute Gasteiger partial charge is 0.313 e. The summed E-state index contributed by atoms with van der Waals surface area (Å²) in [4.78, 5) is 4.49. The van der Waals surface area contributed by atoms with E-state index >= 15 is 0 Å². The van der Waals surface area contributed by atoms with E-state index in [2.05, 4.69) is 36.5 Å². The van der Waals surface area contributed by atoms with Crippen molar-refractivity contribution in [3.8, 4) is 0 Å². The van der Waals surface area contributed by atoms with E-state index in [0.29, 0.717) is 11.5 Å². The highest BCUT2D eigenvalue weighted by molar-refractivity contribution is 7.09. The molecule has 1 aliphatic rings. The highest BCUT2D eigenvalue weighted by atomic mass is 32.1. The molecule has 1 fully saturated rings. The fourth-order valence-corrected chi connectivity index (χ4v) is 3.35. The van der Waals surface area contributed by atoms with Crippen LogP contribution in [0.25, 0.3) is 0 Å². The van der Waals surface area contributed by atoms with E-state index in [9.17, 15) is 0 Å². The highest BCUT2D eigenvalue weighted by Gasteiger charge is 2.33. The van der Waals surface area contributed by atoms with Gasteiger partial charge in [0.1, 0.15) is 0 Å². The van der Waals surface area contributed by atoms with Crippen molar-refractivity contribution in [1.29, 1.82) is 0 Å². The van der Waals surface area contributed by atoms with E-state index in [1.54, 1.807) is 11.3 Å². The van der Waals surface area contributed by atoms with Gasteiger partial charge >= 0.3 is 0 Å². The molecule has 3 heteroatoms. The van der Waals surface area contributed by atoms with Gasteiger partial charge in [0.05, 0.1) is 5.01 Å². The van der Waals surface area contributed by atoms with Crippen molar-refractivity contribution in [2.24, 2.45) is 5.41 Å². The van der Waals surface area contributed by atoms with Crippen LogP contribution in [0.1, 0.15) is 43.8 Å². The fraction of sp³-hybridized carbons (Fsp3) is 0.769. The lowest BCUT2D eigenvalue weighted by Gasteiger charge is -2.27. The van der Waals surface area contributed by atoms with Crippen molar-refractivity contribution in [2.75, 3.05) is 6.54 Å². The van der Waals surface area contributed by atoms with E-state index in [1.165, 1.54) is 24.3 Å². The maximum absolute atomic E-state index is 4.49. The minimum absolute atomic E-state index is 0.485. The van der Waals surface area contributed by atoms with Crippen LogP contribution in [0.5, 0.6) is 0 Å². The van der Waals surface area contributed by atoms with Crippen LogP contribution in [-0.2, 0) is 6.42 Å². The molecule has 0 radical (unpaired) electrons. The van der Waals surface area contributed by atoms with Crippen LogP contribution in [0.15, 0.2) is 5.38 Å². The molecule has 0 aromatic carbocycles. The van der Waals surface area contributed by atoms with Crippen molar-refractivity contribution < 1.29 is 0 Å². The lowest BCUT2D eigenvalue weighted by Crippen LogP contribution is -2.38. The minimum atomic E-state index is 0.485. The SMILES string of the molecule is Cc1csc(CCNC2CCCC2(C)C)n1. The minimum Gasteiger partial charge on any atom is -0.313 e. The van der Waals surface area contributed by atoms with Crippen LogP contribution in [0.3, 0.4) is 0 Å². The number of aryl methyl sites for hydroxylation is 1. The second kappa shape index (κ2) is 4.84. The highest BCUT2D eigenvalue weighted by Crippen LogP contribution is 2.37. The lowest BCUT2D eigenvalue weighted by molar-refractivity contribution is 0.285. The van der Waals surface area contributed by atoms with Gasteiger partial charge in [-0.2, -0.15) is 0 Å². The van der Waals surface area contributed by atoms with Gasteiger partial charge in [0.15, 0.2) is 0 Å². The van der Waals surface area contributed by atoms with Crippen molar-refractivity contribution in [1.82, 2.24) is 10.3 Å². The summed E-state index contributed by atoms with van der Waals surface area (Å²) in [7, 11) is 0. The number of thiazole rings is 1. The number of aromatic nitrogens is 1. The zero-order valence-corrected chi connectivity index (χ0v) is 11.4. The quantitative estimate of drug-likeness (QED) is 0.871. The van der Waals surface area contributed by atoms with Crippen LogP contribution in [0.4, 0.5) is 0 Å². The molecule has 2 rings (SSSR count). The van der Waals surface area contributed by atoms with Gasteiger partial charge in [-0.05, 0) is 25.2 Å². The van der Waals surface area contributed by atoms with Gasteiger partial charge in [-0.25, -0.2) is 4.98 Å². The summed E-state index contributed by atoms with van der Waals surface area (Å²) in [5.74, 6) is 0. The number of nitrogens with zero attached hydrogens (tertiary/aromatic N) is 1. The first kappa shape index (κ1) is 12.1. The van der Waals surface area contributed by atoms with Crippen LogP contribution < -0.4 is 5.32 Å². The molecule has 2 nitrogen and oxygen atoms in total. The molecule has 1 saturated carbocycles. The third kappa shape index (κ3) is 2.83. The van der Waals surface area contributed by atoms with Crippen LogP contribution in [0.2, 0.25) is 0 Å². The predicted octanol–water partition coefficient (Wildman–Crippen LogP) is 3.16. The Morgan fingerprint density at radius 3 is 2.94 bits per heavy atom. The molecule has 1 atom stereocenters. The van der Waals surface area contributed by atoms with Gasteiger partial charge in [0.2, 0.25) is 0 Å². The lowest BCUT2D eigenvalue weighted by atomic mass is 9.87. The molecule has 0 bridgehead atoms. The number of rotatable bonds is 4. The van der Waals surface area contributed by atoms with E-state index in [-0.39, 0.29) is 0 Å². The summed E-state index contributed by atoms with van der Waals surface area (Å²) in [5.41, 5.74) is 1.64. The summed E-state index contributed by atoms with van der Waals surface area (Å²) in [5, 5.41) is 7.09. The van der Waals surface area contributed by atoms with Gasteiger partial charge < -0.3 is 5.32 Å². The van der Waals surface area contributed by atoms with Gasteiger partial charge in [-0.3, -0.25) is 0 Å². The normalized spacial score (nSPS) is 23.8. The summed E-state index contributed by atoms with van der Waals surface area (Å²) >= 11 is 1.78. The predicted molar refractivity (Wildman–Crippen MR) is 70.0 cm³/mol. The first-order valence-electron chi connectivity index (χ1n) is 6.22. The topological polar surface area (TPSA) is 24.9 Å². The van der Waals surface area contributed by atoms with E-state index in [4.69, 9.17) is 0 Å². The molecule has 1 aromatic rings. The Hall–Kier alpha value is -0.410. The third-order valence-corrected chi connectivity index (χ3v) is 4.68. The molecule has 90 valence electrons. The number of hydrogen-bond acceptors (Lipinski definition) is 3. The summed E-state index contributed by atoms with van der Waals surface area (Å²) in [6, 6.07) is 0.702. The molecular formula is C13H22N2S. The molecule has 0 saturated heterocycles. The Balaban J connectivity index is 1.76. The Kier molecular flexibility index (Phi) is 3.65. The summed E-state index contributed by atoms with van der Waals surface area (Å²) in [6.45, 7) is 7.89. The summed E-state index contributed by atoms with van der Waals surface area (Å²) < 4.78 is 0. The summed E-state index contributed by atoms with van der Waals surface area (Å²) in [6.07, 6.45) is 5.15. The van der Waals surface area contributed by atoms with Crippen molar-refractivity contribution in [3.05, 3.63) is 16.1 Å². The van der Waals surface area contributed by atoms with Gasteiger partial charge in [-0.15, -0.1) is 11.3 Å². The van der Waals surface area contributed by atoms with Gasteiger partial charge in [0.25, 0.3) is 0 Å². The van der Waals surface area contributed by atoms with Crippen LogP contribution >= 0.6 is 11.3 Å². The number of nitrogens with one attached hydrogen (secondary N) is 1. The second-order valence-corrected chi connectivity index (χ2v) is 6.46. The molecule has 0 amide bonds. The molecule has 1 aliphatic carbocycles. The maximum Gasteiger partial charge on any atom is 0.0940 e. The molecule has 1 unspecified atom stereocenters. The molecular weight excluding hydrogens is 216 g/mol. The Morgan fingerprint density at radius 1 is 1.56 bits per heavy atom. The molecule has 16 heavy (non-hydrogen) atoms. The third-order valence-electron chi connectivity index (χ3n) is 3.65. The zero-order valence-electron chi connectivity index (χ0n) is 10.5. The number of hydrogen-bond donors (Lipinski definition) is 1. The van der Waals surface area contributed by atoms with Crippen molar-refractivity contribution in [2.45, 2.75) is 52.5 Å². The van der Waals surface area contributed by atoms with E-state index < -0.39 is 0 Å². The van der Waals surface area contributed by atoms with E-state index in [0.717, 1.165) is 18.7 Å². The average molecular weight is 238 g/mol. The fourth-order valence-electron chi connectivity index (χ4n) is 2.58. The van der Waals surface area contributed by atoms with Crippen LogP contribution in [-0.4, -0.2) is 17.6 Å². The molecule has 1 N–H and O–H groups in total.